The van der Waals surface area contributed by atoms with Crippen molar-refractivity contribution in [1.29, 1.82) is 0 Å². The van der Waals surface area contributed by atoms with E-state index in [4.69, 9.17) is 25.8 Å². The fourth-order valence-electron chi connectivity index (χ4n) is 1.97. The van der Waals surface area contributed by atoms with Gasteiger partial charge in [0.2, 0.25) is 0 Å². The average molecular weight is 350 g/mol. The maximum Gasteiger partial charge on any atom is 0.262 e. The van der Waals surface area contributed by atoms with Gasteiger partial charge in [-0.05, 0) is 30.3 Å². The van der Waals surface area contributed by atoms with Crippen molar-refractivity contribution in [2.45, 2.75) is 0 Å². The second-order valence-electron chi connectivity index (χ2n) is 4.71. The van der Waals surface area contributed by atoms with Crippen molar-refractivity contribution in [1.82, 2.24) is 0 Å². The van der Waals surface area contributed by atoms with Gasteiger partial charge in [-0.3, -0.25) is 9.59 Å². The number of hydrogen-bond donors (Lipinski definition) is 1. The van der Waals surface area contributed by atoms with E-state index in [9.17, 15) is 9.59 Å². The summed E-state index contributed by atoms with van der Waals surface area (Å²) in [6.45, 7) is -0.234. The van der Waals surface area contributed by atoms with Crippen molar-refractivity contribution in [2.24, 2.45) is 0 Å². The highest BCUT2D eigenvalue weighted by Gasteiger charge is 2.11. The molecule has 0 fully saturated rings. The zero-order valence-electron chi connectivity index (χ0n) is 13.2. The lowest BCUT2D eigenvalue weighted by atomic mass is 10.2. The third kappa shape index (κ3) is 4.39. The number of halogens is 1. The number of anilines is 1. The Balaban J connectivity index is 2.02. The van der Waals surface area contributed by atoms with Gasteiger partial charge in [0, 0.05) is 16.7 Å². The fourth-order valence-corrected chi connectivity index (χ4v) is 2.14. The van der Waals surface area contributed by atoms with E-state index in [1.54, 1.807) is 30.3 Å². The molecule has 0 spiro atoms. The van der Waals surface area contributed by atoms with Crippen LogP contribution in [-0.4, -0.2) is 33.0 Å². The molecule has 0 aromatic heterocycles. The molecule has 2 rings (SSSR count). The molecule has 126 valence electrons. The van der Waals surface area contributed by atoms with E-state index in [1.165, 1.54) is 20.3 Å². The Bertz CT molecular complexity index is 748. The highest BCUT2D eigenvalue weighted by Crippen LogP contribution is 2.29. The largest absolute Gasteiger partial charge is 0.495 e. The zero-order chi connectivity index (χ0) is 17.5. The minimum Gasteiger partial charge on any atom is -0.495 e. The molecule has 0 aliphatic carbocycles. The number of ether oxygens (including phenoxy) is 3. The van der Waals surface area contributed by atoms with E-state index >= 15 is 0 Å². The molecule has 1 amide bonds. The van der Waals surface area contributed by atoms with Gasteiger partial charge in [-0.15, -0.1) is 0 Å². The van der Waals surface area contributed by atoms with E-state index in [-0.39, 0.29) is 12.5 Å². The Kier molecular flexibility index (Phi) is 6.03. The van der Waals surface area contributed by atoms with Crippen LogP contribution in [0.1, 0.15) is 10.4 Å². The van der Waals surface area contributed by atoms with Gasteiger partial charge < -0.3 is 19.5 Å². The minimum atomic E-state index is -0.378. The first-order chi connectivity index (χ1) is 11.6. The summed E-state index contributed by atoms with van der Waals surface area (Å²) in [6, 6.07) is 9.55. The second-order valence-corrected chi connectivity index (χ2v) is 5.15. The van der Waals surface area contributed by atoms with Crippen LogP contribution in [0.25, 0.3) is 0 Å². The van der Waals surface area contributed by atoms with Gasteiger partial charge in [0.15, 0.2) is 18.1 Å². The third-order valence-corrected chi connectivity index (χ3v) is 3.36. The summed E-state index contributed by atoms with van der Waals surface area (Å²) in [7, 11) is 2.94. The van der Waals surface area contributed by atoms with E-state index in [0.717, 1.165) is 0 Å². The Hall–Kier alpha value is -2.73. The van der Waals surface area contributed by atoms with Crippen LogP contribution in [0.15, 0.2) is 36.4 Å². The molecule has 0 atom stereocenters. The number of rotatable bonds is 7. The fraction of sp³-hybridized carbons (Fsp3) is 0.176. The molecule has 0 aliphatic heterocycles. The van der Waals surface area contributed by atoms with E-state index in [0.29, 0.717) is 39.8 Å². The Morgan fingerprint density at radius 3 is 2.50 bits per heavy atom. The van der Waals surface area contributed by atoms with E-state index < -0.39 is 0 Å². The lowest BCUT2D eigenvalue weighted by Crippen LogP contribution is -2.20. The summed E-state index contributed by atoms with van der Waals surface area (Å²) in [6.07, 6.45) is 0.700. The van der Waals surface area contributed by atoms with Crippen LogP contribution in [0.4, 0.5) is 5.69 Å². The van der Waals surface area contributed by atoms with Gasteiger partial charge in [-0.2, -0.15) is 0 Å². The summed E-state index contributed by atoms with van der Waals surface area (Å²) in [4.78, 5) is 22.8. The SMILES string of the molecule is COc1cc(Cl)ccc1NC(=O)COc1ccc(C=O)cc1OC. The van der Waals surface area contributed by atoms with Gasteiger partial charge in [0.05, 0.1) is 19.9 Å². The molecule has 2 aromatic rings. The highest BCUT2D eigenvalue weighted by molar-refractivity contribution is 6.30. The number of methoxy groups -OCH3 is 2. The molecule has 0 saturated carbocycles. The lowest BCUT2D eigenvalue weighted by Gasteiger charge is -2.13. The predicted octanol–water partition coefficient (Wildman–Crippen LogP) is 3.19. The van der Waals surface area contributed by atoms with Crippen LogP contribution in [-0.2, 0) is 4.79 Å². The number of carbonyl (C=O) groups excluding carboxylic acids is 2. The molecule has 1 N–H and O–H groups in total. The van der Waals surface area contributed by atoms with Crippen molar-refractivity contribution in [3.63, 3.8) is 0 Å². The Morgan fingerprint density at radius 2 is 1.83 bits per heavy atom. The van der Waals surface area contributed by atoms with Crippen LogP contribution < -0.4 is 19.5 Å². The lowest BCUT2D eigenvalue weighted by molar-refractivity contribution is -0.118. The van der Waals surface area contributed by atoms with Crippen molar-refractivity contribution >= 4 is 29.5 Å². The summed E-state index contributed by atoms with van der Waals surface area (Å²) >= 11 is 5.88. The van der Waals surface area contributed by atoms with Crippen LogP contribution in [0, 0.1) is 0 Å². The standard InChI is InChI=1S/C17H16ClNO5/c1-22-15-8-12(18)4-5-13(15)19-17(21)10-24-14-6-3-11(9-20)7-16(14)23-2/h3-9H,10H2,1-2H3,(H,19,21). The van der Waals surface area contributed by atoms with Gasteiger partial charge in [-0.25, -0.2) is 0 Å². The number of aldehydes is 1. The Labute approximate surface area is 144 Å². The van der Waals surface area contributed by atoms with E-state index in [2.05, 4.69) is 5.32 Å². The minimum absolute atomic E-state index is 0.234. The molecule has 0 unspecified atom stereocenters. The molecule has 24 heavy (non-hydrogen) atoms. The van der Waals surface area contributed by atoms with Crippen molar-refractivity contribution in [2.75, 3.05) is 26.1 Å². The molecular weight excluding hydrogens is 334 g/mol. The number of benzene rings is 2. The maximum atomic E-state index is 12.0. The van der Waals surface area contributed by atoms with Crippen LogP contribution in [0.5, 0.6) is 17.2 Å². The molecule has 7 heteroatoms. The number of nitrogens with one attached hydrogen (secondary N) is 1. The van der Waals surface area contributed by atoms with Gasteiger partial charge in [-0.1, -0.05) is 11.6 Å². The summed E-state index contributed by atoms with van der Waals surface area (Å²) in [5.74, 6) is 0.804. The summed E-state index contributed by atoms with van der Waals surface area (Å²) < 4.78 is 15.7. The Morgan fingerprint density at radius 1 is 1.08 bits per heavy atom. The topological polar surface area (TPSA) is 73.9 Å². The number of amides is 1. The third-order valence-electron chi connectivity index (χ3n) is 3.12. The first kappa shape index (κ1) is 17.6. The first-order valence-corrected chi connectivity index (χ1v) is 7.34. The molecule has 2 aromatic carbocycles. The highest BCUT2D eigenvalue weighted by atomic mass is 35.5. The van der Waals surface area contributed by atoms with Gasteiger partial charge in [0.25, 0.3) is 5.91 Å². The molecule has 0 heterocycles. The monoisotopic (exact) mass is 349 g/mol. The smallest absolute Gasteiger partial charge is 0.262 e. The molecule has 0 saturated heterocycles. The number of hydrogen-bond acceptors (Lipinski definition) is 5. The van der Waals surface area contributed by atoms with Crippen molar-refractivity contribution in [3.8, 4) is 17.2 Å². The molecular formula is C17H16ClNO5. The van der Waals surface area contributed by atoms with Gasteiger partial charge >= 0.3 is 0 Å². The average Bonchev–Trinajstić information content (AvgIpc) is 2.61. The molecule has 6 nitrogen and oxygen atoms in total. The van der Waals surface area contributed by atoms with Crippen LogP contribution >= 0.6 is 11.6 Å². The second kappa shape index (κ2) is 8.21. The zero-order valence-corrected chi connectivity index (χ0v) is 13.9. The molecule has 0 radical (unpaired) electrons. The van der Waals surface area contributed by atoms with Crippen molar-refractivity contribution < 1.29 is 23.8 Å². The first-order valence-electron chi connectivity index (χ1n) is 6.96. The molecule has 0 aliphatic rings. The van der Waals surface area contributed by atoms with Crippen LogP contribution in [0.3, 0.4) is 0 Å². The van der Waals surface area contributed by atoms with Crippen LogP contribution in [0.2, 0.25) is 5.02 Å². The maximum absolute atomic E-state index is 12.0. The van der Waals surface area contributed by atoms with E-state index in [1.807, 2.05) is 0 Å². The number of carbonyl (C=O) groups is 2. The predicted molar refractivity (Wildman–Crippen MR) is 90.5 cm³/mol. The quantitative estimate of drug-likeness (QED) is 0.777. The normalized spacial score (nSPS) is 9.96. The van der Waals surface area contributed by atoms with Crippen molar-refractivity contribution in [3.05, 3.63) is 47.0 Å². The van der Waals surface area contributed by atoms with Gasteiger partial charge in [0.1, 0.15) is 12.0 Å². The summed E-state index contributed by atoms with van der Waals surface area (Å²) in [5.41, 5.74) is 0.938. The molecule has 0 bridgehead atoms. The summed E-state index contributed by atoms with van der Waals surface area (Å²) in [5, 5.41) is 3.18.